The third kappa shape index (κ3) is 54.3. The zero-order valence-corrected chi connectivity index (χ0v) is 72.0. The molecule has 0 nitrogen and oxygen atoms in total. The fraction of sp³-hybridized carbons (Fsp3) is 1.00. The summed E-state index contributed by atoms with van der Waals surface area (Å²) in [5.74, 6) is 22.0. The van der Waals surface area contributed by atoms with Gasteiger partial charge in [0.25, 0.3) is 0 Å². The lowest BCUT2D eigenvalue weighted by Gasteiger charge is -2.35. The molecule has 14 fully saturated rings. The van der Waals surface area contributed by atoms with Gasteiger partial charge in [0.05, 0.1) is 0 Å². The zero-order valence-electron chi connectivity index (χ0n) is 72.0. The van der Waals surface area contributed by atoms with Crippen molar-refractivity contribution in [1.29, 1.82) is 0 Å². The highest BCUT2D eigenvalue weighted by atomic mass is 14.4. The molecule has 0 heteroatoms. The molecule has 0 saturated heterocycles. The second-order valence-corrected chi connectivity index (χ2v) is 40.4. The first kappa shape index (κ1) is 95.0. The normalized spacial score (nSPS) is 31.8. The summed E-state index contributed by atoms with van der Waals surface area (Å²) in [7, 11) is 0. The van der Waals surface area contributed by atoms with Gasteiger partial charge in [-0.3, -0.25) is 0 Å². The minimum Gasteiger partial charge on any atom is -0.0630 e. The molecule has 14 aliphatic rings. The van der Waals surface area contributed by atoms with Gasteiger partial charge in [-0.15, -0.1) is 0 Å². The summed E-state index contributed by atoms with van der Waals surface area (Å²) in [4.78, 5) is 0. The molecule has 0 aromatic heterocycles. The predicted octanol–water partition coefficient (Wildman–Crippen LogP) is 34.8. The van der Waals surface area contributed by atoms with E-state index in [0.29, 0.717) is 0 Å². The summed E-state index contributed by atoms with van der Waals surface area (Å²) < 4.78 is 0. The lowest BCUT2D eigenvalue weighted by Crippen LogP contribution is -2.22. The second-order valence-electron chi connectivity index (χ2n) is 40.4. The highest BCUT2D eigenvalue weighted by Gasteiger charge is 2.32. The van der Waals surface area contributed by atoms with Gasteiger partial charge < -0.3 is 0 Å². The van der Waals surface area contributed by atoms with Gasteiger partial charge in [-0.25, -0.2) is 0 Å². The Morgan fingerprint density at radius 1 is 0.0928 bits per heavy atom. The summed E-state index contributed by atoms with van der Waals surface area (Å²) in [5, 5.41) is 0. The van der Waals surface area contributed by atoms with E-state index in [-0.39, 0.29) is 0 Å². The van der Waals surface area contributed by atoms with E-state index in [2.05, 4.69) is 145 Å². The molecule has 0 aromatic carbocycles. The van der Waals surface area contributed by atoms with E-state index >= 15 is 0 Å². The van der Waals surface area contributed by atoms with Gasteiger partial charge in [-0.2, -0.15) is 0 Å². The topological polar surface area (TPSA) is 0 Å². The molecule has 2 unspecified atom stereocenters. The monoisotopic (exact) mass is 1360 g/mol. The predicted molar refractivity (Wildman–Crippen MR) is 446 cm³/mol. The fourth-order valence-corrected chi connectivity index (χ4v) is 19.8. The summed E-state index contributed by atoms with van der Waals surface area (Å²) in [6.45, 7) is 45.5. The molecular formula is C97H194. The Morgan fingerprint density at radius 3 is 0.186 bits per heavy atom. The van der Waals surface area contributed by atoms with Gasteiger partial charge in [-0.1, -0.05) is 499 Å². The lowest BCUT2D eigenvalue weighted by atomic mass is 9.71. The van der Waals surface area contributed by atoms with Crippen molar-refractivity contribution in [2.24, 2.45) is 124 Å². The molecule has 2 atom stereocenters. The maximum Gasteiger partial charge on any atom is -0.0386 e. The molecule has 0 heterocycles. The van der Waals surface area contributed by atoms with Crippen LogP contribution in [-0.2, 0) is 0 Å². The Bertz CT molecular complexity index is 1150. The molecule has 582 valence electrons. The summed E-state index contributed by atoms with van der Waals surface area (Å²) >= 11 is 0. The van der Waals surface area contributed by atoms with Crippen molar-refractivity contribution in [3.8, 4) is 0 Å². The molecule has 0 amide bonds. The minimum absolute atomic E-state index is 0.833. The van der Waals surface area contributed by atoms with Gasteiger partial charge in [0.15, 0.2) is 0 Å². The van der Waals surface area contributed by atoms with E-state index in [1.54, 1.807) is 180 Å². The number of rotatable bonds is 0. The SMILES string of the molecule is C1CCC2CCCC2C1.C1CCC2CCCCC2C1.C1CCC2CCCCC2C1.C1CCC2CCCCC2C1.C1CCC2CCCCC2C1.C1CCC2CCCCC2C1.C1CCC2CCCCC2C1.CC(C)C.CC(C)C.CC(C)C.CC(C)C.CC(C)C.CC(C)C.CC(C)C. The molecule has 14 rings (SSSR count). The standard InChI is InChI=1S/6C10H18.C9H16.7C4H10/c6*1-2-6-10-8-4-3-7-9(10)5-1;1-2-5-9-7-3-6-8(9)4-1;7*1-4(2)3/h6*9-10H,1-8H2;8-9H,1-7H2;7*4H,1-3H3. The van der Waals surface area contributed by atoms with E-state index < -0.39 is 0 Å². The smallest absolute Gasteiger partial charge is 0.0386 e. The Balaban J connectivity index is 0.000000533. The molecular weight excluding hydrogens is 1170 g/mol. The van der Waals surface area contributed by atoms with Crippen LogP contribution in [0.1, 0.15) is 499 Å². The molecule has 0 radical (unpaired) electrons. The Hall–Kier alpha value is 0. The highest BCUT2D eigenvalue weighted by molar-refractivity contribution is 4.84. The second kappa shape index (κ2) is 62.2. The average molecular weight is 1360 g/mol. The van der Waals surface area contributed by atoms with E-state index in [4.69, 9.17) is 0 Å². The molecule has 0 N–H and O–H groups in total. The molecule has 0 bridgehead atoms. The van der Waals surface area contributed by atoms with Crippen molar-refractivity contribution in [2.75, 3.05) is 0 Å². The first-order chi connectivity index (χ1) is 46.4. The van der Waals surface area contributed by atoms with Crippen molar-refractivity contribution in [3.63, 3.8) is 0 Å². The van der Waals surface area contributed by atoms with Gasteiger partial charge in [0.2, 0.25) is 0 Å². The van der Waals surface area contributed by atoms with Gasteiger partial charge in [0.1, 0.15) is 0 Å². The summed E-state index contributed by atoms with van der Waals surface area (Å²) in [6.07, 6.45) is 85.0. The van der Waals surface area contributed by atoms with Crippen molar-refractivity contribution in [2.45, 2.75) is 499 Å². The number of hydrogen-bond acceptors (Lipinski definition) is 0. The molecule has 14 saturated carbocycles. The number of fused-ring (bicyclic) bond motifs is 7. The van der Waals surface area contributed by atoms with Crippen molar-refractivity contribution in [3.05, 3.63) is 0 Å². The first-order valence-corrected chi connectivity index (χ1v) is 46.4. The van der Waals surface area contributed by atoms with E-state index in [9.17, 15) is 0 Å². The van der Waals surface area contributed by atoms with Gasteiger partial charge >= 0.3 is 0 Å². The van der Waals surface area contributed by atoms with Crippen LogP contribution in [0.5, 0.6) is 0 Å². The van der Waals surface area contributed by atoms with Crippen molar-refractivity contribution in [1.82, 2.24) is 0 Å². The van der Waals surface area contributed by atoms with E-state index in [1.165, 1.54) is 185 Å². The zero-order chi connectivity index (χ0) is 72.0. The Morgan fingerprint density at radius 2 is 0.134 bits per heavy atom. The Labute approximate surface area is 619 Å². The van der Waals surface area contributed by atoms with Crippen LogP contribution in [0.2, 0.25) is 0 Å². The van der Waals surface area contributed by atoms with Crippen LogP contribution in [0, 0.1) is 124 Å². The van der Waals surface area contributed by atoms with E-state index in [1.807, 2.05) is 0 Å². The highest BCUT2D eigenvalue weighted by Crippen LogP contribution is 2.46. The summed E-state index contributed by atoms with van der Waals surface area (Å²) in [5.41, 5.74) is 0. The largest absolute Gasteiger partial charge is 0.0630 e. The molecule has 0 aromatic rings. The van der Waals surface area contributed by atoms with Crippen LogP contribution in [0.4, 0.5) is 0 Å². The maximum absolute atomic E-state index is 2.17. The third-order valence-corrected chi connectivity index (χ3v) is 24.0. The van der Waals surface area contributed by atoms with Crippen LogP contribution in [0.3, 0.4) is 0 Å². The van der Waals surface area contributed by atoms with Gasteiger partial charge in [-0.05, 0) is 124 Å². The maximum atomic E-state index is 2.17. The molecule has 14 aliphatic carbocycles. The number of hydrogen-bond donors (Lipinski definition) is 0. The van der Waals surface area contributed by atoms with Crippen LogP contribution < -0.4 is 0 Å². The molecule has 0 spiro atoms. The lowest BCUT2D eigenvalue weighted by molar-refractivity contribution is 0.171. The first-order valence-electron chi connectivity index (χ1n) is 46.4. The summed E-state index contributed by atoms with van der Waals surface area (Å²) in [6, 6.07) is 0. The molecule has 0 aliphatic heterocycles. The van der Waals surface area contributed by atoms with Gasteiger partial charge in [0, 0.05) is 0 Å². The Kier molecular flexibility index (Phi) is 60.9. The third-order valence-electron chi connectivity index (χ3n) is 24.0. The van der Waals surface area contributed by atoms with Crippen molar-refractivity contribution >= 4 is 0 Å². The average Bonchev–Trinajstić information content (AvgIpc) is 1.92. The van der Waals surface area contributed by atoms with Crippen molar-refractivity contribution < 1.29 is 0 Å². The van der Waals surface area contributed by atoms with Crippen LogP contribution >= 0.6 is 0 Å². The minimum atomic E-state index is 0.833. The van der Waals surface area contributed by atoms with Crippen LogP contribution in [0.25, 0.3) is 0 Å². The van der Waals surface area contributed by atoms with Crippen LogP contribution in [0.15, 0.2) is 0 Å². The fourth-order valence-electron chi connectivity index (χ4n) is 19.8. The quantitative estimate of drug-likeness (QED) is 0.227. The van der Waals surface area contributed by atoms with E-state index in [0.717, 1.165) is 112 Å². The molecule has 97 heavy (non-hydrogen) atoms. The van der Waals surface area contributed by atoms with Crippen LogP contribution in [-0.4, -0.2) is 0 Å².